The number of aliphatic hydroxyl groups is 1. The van der Waals surface area contributed by atoms with E-state index in [4.69, 9.17) is 9.47 Å². The van der Waals surface area contributed by atoms with Gasteiger partial charge < -0.3 is 24.4 Å². The second-order valence-corrected chi connectivity index (χ2v) is 17.1. The van der Waals surface area contributed by atoms with E-state index >= 15 is 0 Å². The van der Waals surface area contributed by atoms with Crippen molar-refractivity contribution in [3.05, 3.63) is 83.9 Å². The number of methoxy groups -OCH3 is 1. The zero-order valence-electron chi connectivity index (χ0n) is 24.9. The number of nitrogens with zero attached hydrogens (tertiary/aromatic N) is 2. The van der Waals surface area contributed by atoms with Crippen LogP contribution in [0.25, 0.3) is 0 Å². The lowest BCUT2D eigenvalue weighted by atomic mass is 9.82. The van der Waals surface area contributed by atoms with Crippen LogP contribution in [-0.2, 0) is 26.5 Å². The van der Waals surface area contributed by atoms with Crippen LogP contribution in [0, 0.1) is 5.92 Å². The normalized spacial score (nSPS) is 25.5. The summed E-state index contributed by atoms with van der Waals surface area (Å²) in [5, 5.41) is 11.4. The zero-order valence-corrected chi connectivity index (χ0v) is 25.9. The van der Waals surface area contributed by atoms with Crippen LogP contribution in [-0.4, -0.2) is 51.4 Å². The average Bonchev–Trinajstić information content (AvgIpc) is 3.63. The Balaban J connectivity index is 1.48. The van der Waals surface area contributed by atoms with Crippen LogP contribution in [0.15, 0.2) is 72.8 Å². The highest BCUT2D eigenvalue weighted by molar-refractivity contribution is 6.91. The van der Waals surface area contributed by atoms with E-state index < -0.39 is 13.7 Å². The first-order valence-electron chi connectivity index (χ1n) is 15.0. The topological polar surface area (TPSA) is 79.3 Å². The van der Waals surface area contributed by atoms with Gasteiger partial charge in [0.15, 0.2) is 5.60 Å². The second-order valence-electron chi connectivity index (χ2n) is 12.4. The minimum absolute atomic E-state index is 0.0197. The van der Waals surface area contributed by atoms with Crippen molar-refractivity contribution < 1.29 is 24.2 Å². The van der Waals surface area contributed by atoms with Gasteiger partial charge in [-0.3, -0.25) is 9.59 Å². The van der Waals surface area contributed by atoms with E-state index in [1.54, 1.807) is 7.11 Å². The van der Waals surface area contributed by atoms with Crippen molar-refractivity contribution in [2.75, 3.05) is 30.1 Å². The quantitative estimate of drug-likeness (QED) is 0.379. The smallest absolute Gasteiger partial charge is 0.264 e. The lowest BCUT2D eigenvalue weighted by molar-refractivity contribution is -0.146. The molecule has 42 heavy (non-hydrogen) atoms. The largest absolute Gasteiger partial charge is 0.497 e. The van der Waals surface area contributed by atoms with Crippen LogP contribution >= 0.6 is 0 Å². The van der Waals surface area contributed by atoms with E-state index in [2.05, 4.69) is 32.2 Å². The van der Waals surface area contributed by atoms with E-state index in [0.29, 0.717) is 25.9 Å². The van der Waals surface area contributed by atoms with Gasteiger partial charge in [-0.25, -0.2) is 0 Å². The summed E-state index contributed by atoms with van der Waals surface area (Å²) in [5.41, 5.74) is 2.37. The van der Waals surface area contributed by atoms with Gasteiger partial charge in [0.25, 0.3) is 5.91 Å². The molecule has 3 heterocycles. The summed E-state index contributed by atoms with van der Waals surface area (Å²) in [6.07, 6.45) is 1.53. The van der Waals surface area contributed by atoms with Crippen molar-refractivity contribution in [1.29, 1.82) is 0 Å². The van der Waals surface area contributed by atoms with Crippen LogP contribution < -0.4 is 19.7 Å². The summed E-state index contributed by atoms with van der Waals surface area (Å²) in [6.45, 7) is 7.92. The molecule has 0 aromatic heterocycles. The van der Waals surface area contributed by atoms with Gasteiger partial charge in [-0.2, -0.15) is 0 Å². The van der Waals surface area contributed by atoms with E-state index in [0.717, 1.165) is 34.7 Å². The van der Waals surface area contributed by atoms with Gasteiger partial charge in [-0.15, -0.1) is 0 Å². The summed E-state index contributed by atoms with van der Waals surface area (Å²) in [7, 11) is -0.597. The van der Waals surface area contributed by atoms with Crippen LogP contribution in [0.2, 0.25) is 18.6 Å². The molecule has 1 spiro atoms. The molecule has 7 nitrogen and oxygen atoms in total. The maximum absolute atomic E-state index is 14.8. The number of rotatable bonds is 8. The molecule has 2 saturated heterocycles. The first-order chi connectivity index (χ1) is 20.2. The average molecular weight is 585 g/mol. The molecule has 4 atom stereocenters. The zero-order chi connectivity index (χ0) is 29.6. The molecule has 0 unspecified atom stereocenters. The standard InChI is InChI=1S/C34H40N2O5Si/c1-23-32(42(3,4)27-15-13-26(40-2)14-16-27)30(18-20-37)41-34(23)28-21-25(35-19-8-11-31(35)38)12-17-29(28)36(33(34)39)22-24-9-6-5-7-10-24/h5-7,9-10,12-17,21,23,30,32,37H,8,11,18-20,22H2,1-4H3/t23-,30+,32-,34+/m1/s1. The highest BCUT2D eigenvalue weighted by Crippen LogP contribution is 2.60. The number of hydrogen-bond donors (Lipinski definition) is 1. The van der Waals surface area contributed by atoms with Crippen LogP contribution in [0.4, 0.5) is 11.4 Å². The number of aliphatic hydroxyl groups excluding tert-OH is 1. The number of amides is 2. The molecule has 3 aliphatic rings. The number of anilines is 2. The van der Waals surface area contributed by atoms with Gasteiger partial charge >= 0.3 is 0 Å². The number of fused-ring (bicyclic) bond motifs is 2. The SMILES string of the molecule is COc1ccc([Si](C)(C)[C@H]2[C@H](CCO)O[C@@]3(C(=O)N(Cc4ccccc4)c4ccc(N5CCCC5=O)cc43)[C@@H]2C)cc1. The second kappa shape index (κ2) is 11.0. The van der Waals surface area contributed by atoms with Gasteiger partial charge in [-0.1, -0.05) is 67.7 Å². The molecule has 0 radical (unpaired) electrons. The van der Waals surface area contributed by atoms with Gasteiger partial charge in [-0.05, 0) is 54.3 Å². The Bertz CT molecular complexity index is 1480. The monoisotopic (exact) mass is 584 g/mol. The van der Waals surface area contributed by atoms with Crippen molar-refractivity contribution in [1.82, 2.24) is 0 Å². The lowest BCUT2D eigenvalue weighted by Crippen LogP contribution is -2.51. The van der Waals surface area contributed by atoms with Gasteiger partial charge in [0, 0.05) is 36.7 Å². The third-order valence-electron chi connectivity index (χ3n) is 9.80. The number of carbonyl (C=O) groups is 2. The van der Waals surface area contributed by atoms with Crippen LogP contribution in [0.1, 0.15) is 37.3 Å². The molecule has 8 heteroatoms. The number of hydrogen-bond acceptors (Lipinski definition) is 5. The minimum atomic E-state index is -2.26. The number of carbonyl (C=O) groups excluding carboxylic acids is 2. The molecule has 0 aliphatic carbocycles. The summed E-state index contributed by atoms with van der Waals surface area (Å²) >= 11 is 0. The van der Waals surface area contributed by atoms with Crippen molar-refractivity contribution in [3.63, 3.8) is 0 Å². The fourth-order valence-corrected chi connectivity index (χ4v) is 11.8. The number of ether oxygens (including phenoxy) is 2. The predicted molar refractivity (Wildman–Crippen MR) is 167 cm³/mol. The molecule has 1 N–H and O–H groups in total. The highest BCUT2D eigenvalue weighted by atomic mass is 28.3. The molecule has 0 bridgehead atoms. The Hall–Kier alpha value is -3.46. The van der Waals surface area contributed by atoms with Crippen molar-refractivity contribution in [2.45, 2.75) is 63.1 Å². The third kappa shape index (κ3) is 4.48. The van der Waals surface area contributed by atoms with Crippen molar-refractivity contribution >= 4 is 36.4 Å². The Kier molecular flexibility index (Phi) is 7.49. The van der Waals surface area contributed by atoms with Gasteiger partial charge in [0.2, 0.25) is 5.91 Å². The molecule has 3 aromatic rings. The molecule has 3 aromatic carbocycles. The van der Waals surface area contributed by atoms with Crippen molar-refractivity contribution in [3.8, 4) is 5.75 Å². The summed E-state index contributed by atoms with van der Waals surface area (Å²) < 4.78 is 12.5. The maximum Gasteiger partial charge on any atom is 0.264 e. The van der Waals surface area contributed by atoms with Gasteiger partial charge in [0.1, 0.15) is 5.75 Å². The van der Waals surface area contributed by atoms with E-state index in [1.165, 1.54) is 5.19 Å². The Morgan fingerprint density at radius 3 is 2.43 bits per heavy atom. The lowest BCUT2D eigenvalue weighted by Gasteiger charge is -2.37. The molecular weight excluding hydrogens is 544 g/mol. The minimum Gasteiger partial charge on any atom is -0.497 e. The van der Waals surface area contributed by atoms with Crippen molar-refractivity contribution in [2.24, 2.45) is 5.92 Å². The first-order valence-corrected chi connectivity index (χ1v) is 18.0. The Morgan fingerprint density at radius 2 is 1.79 bits per heavy atom. The highest BCUT2D eigenvalue weighted by Gasteiger charge is 2.66. The molecule has 3 aliphatic heterocycles. The molecular formula is C34H40N2O5Si. The molecule has 0 saturated carbocycles. The van der Waals surface area contributed by atoms with Crippen LogP contribution in [0.3, 0.4) is 0 Å². The maximum atomic E-state index is 14.8. The van der Waals surface area contributed by atoms with Crippen LogP contribution in [0.5, 0.6) is 5.75 Å². The molecule has 2 fully saturated rings. The van der Waals surface area contributed by atoms with Gasteiger partial charge in [0.05, 0.1) is 33.5 Å². The number of benzene rings is 3. The van der Waals surface area contributed by atoms with E-state index in [-0.39, 0.29) is 36.0 Å². The predicted octanol–water partition coefficient (Wildman–Crippen LogP) is 4.97. The van der Waals surface area contributed by atoms with E-state index in [1.807, 2.05) is 70.5 Å². The third-order valence-corrected chi connectivity index (χ3v) is 14.2. The summed E-state index contributed by atoms with van der Waals surface area (Å²) in [5.74, 6) is 0.695. The fraction of sp³-hybridized carbons (Fsp3) is 0.412. The summed E-state index contributed by atoms with van der Waals surface area (Å²) in [4.78, 5) is 31.2. The summed E-state index contributed by atoms with van der Waals surface area (Å²) in [6, 6.07) is 24.3. The van der Waals surface area contributed by atoms with E-state index in [9.17, 15) is 14.7 Å². The Morgan fingerprint density at radius 1 is 1.05 bits per heavy atom. The molecule has 2 amide bonds. The molecule has 6 rings (SSSR count). The fourth-order valence-electron chi connectivity index (χ4n) is 7.71. The molecule has 220 valence electrons. The Labute approximate surface area is 249 Å². The first kappa shape index (κ1) is 28.6.